The molecule has 1 aromatic heterocycles. The molecule has 1 heterocycles. The van der Waals surface area contributed by atoms with Gasteiger partial charge in [-0.3, -0.25) is 4.79 Å². The molecule has 0 aliphatic heterocycles. The van der Waals surface area contributed by atoms with Gasteiger partial charge in [0.05, 0.1) is 5.69 Å². The minimum absolute atomic E-state index is 0.0825. The van der Waals surface area contributed by atoms with Crippen molar-refractivity contribution in [1.82, 2.24) is 4.98 Å². The third-order valence-electron chi connectivity index (χ3n) is 3.03. The first-order chi connectivity index (χ1) is 8.04. The molecule has 3 nitrogen and oxygen atoms in total. The Kier molecular flexibility index (Phi) is 3.82. The van der Waals surface area contributed by atoms with E-state index < -0.39 is 0 Å². The quantitative estimate of drug-likeness (QED) is 0.897. The average Bonchev–Trinajstić information content (AvgIpc) is 2.57. The lowest BCUT2D eigenvalue weighted by Crippen LogP contribution is -2.13. The molecule has 94 valence electrons. The molecule has 17 heavy (non-hydrogen) atoms. The SMILES string of the molecule is CC(C)CC(=O)Nc1nc2c(s1)C[C@@H](C)CC2. The molecule has 0 bridgehead atoms. The molecule has 0 saturated carbocycles. The van der Waals surface area contributed by atoms with Crippen molar-refractivity contribution >= 4 is 22.4 Å². The Morgan fingerprint density at radius 3 is 3.06 bits per heavy atom. The molecule has 1 N–H and O–H groups in total. The van der Waals surface area contributed by atoms with Gasteiger partial charge in [-0.05, 0) is 31.1 Å². The summed E-state index contributed by atoms with van der Waals surface area (Å²) in [5.74, 6) is 1.23. The summed E-state index contributed by atoms with van der Waals surface area (Å²) in [5.41, 5.74) is 1.20. The molecule has 1 aliphatic rings. The van der Waals surface area contributed by atoms with Crippen LogP contribution in [0.3, 0.4) is 0 Å². The first kappa shape index (κ1) is 12.6. The Labute approximate surface area is 107 Å². The van der Waals surface area contributed by atoms with Gasteiger partial charge in [0.1, 0.15) is 0 Å². The molecule has 0 saturated heterocycles. The second kappa shape index (κ2) is 5.17. The summed E-state index contributed by atoms with van der Waals surface area (Å²) in [5, 5.41) is 3.70. The number of nitrogens with zero attached hydrogens (tertiary/aromatic N) is 1. The minimum atomic E-state index is 0.0825. The number of carbonyl (C=O) groups is 1. The Bertz CT molecular complexity index is 412. The summed E-state index contributed by atoms with van der Waals surface area (Å²) in [6, 6.07) is 0. The number of aromatic nitrogens is 1. The molecule has 0 spiro atoms. The van der Waals surface area contributed by atoms with E-state index in [0.29, 0.717) is 12.3 Å². The van der Waals surface area contributed by atoms with Crippen LogP contribution in [0.2, 0.25) is 0 Å². The predicted octanol–water partition coefficient (Wildman–Crippen LogP) is 3.25. The van der Waals surface area contributed by atoms with Crippen LogP contribution in [-0.2, 0) is 17.6 Å². The second-order valence-corrected chi connectivity index (χ2v) is 6.47. The molecular weight excluding hydrogens is 232 g/mol. The maximum absolute atomic E-state index is 11.7. The second-order valence-electron chi connectivity index (χ2n) is 5.38. The van der Waals surface area contributed by atoms with Gasteiger partial charge < -0.3 is 5.32 Å². The van der Waals surface area contributed by atoms with E-state index in [0.717, 1.165) is 23.9 Å². The van der Waals surface area contributed by atoms with Crippen LogP contribution in [-0.4, -0.2) is 10.9 Å². The van der Waals surface area contributed by atoms with E-state index >= 15 is 0 Å². The number of rotatable bonds is 3. The lowest BCUT2D eigenvalue weighted by Gasteiger charge is -2.15. The van der Waals surface area contributed by atoms with Crippen molar-refractivity contribution in [2.75, 3.05) is 5.32 Å². The number of amides is 1. The van der Waals surface area contributed by atoms with Crippen LogP contribution in [0, 0.1) is 11.8 Å². The smallest absolute Gasteiger partial charge is 0.226 e. The predicted molar refractivity (Wildman–Crippen MR) is 71.4 cm³/mol. The van der Waals surface area contributed by atoms with Gasteiger partial charge in [-0.1, -0.05) is 20.8 Å². The van der Waals surface area contributed by atoms with Crippen molar-refractivity contribution in [2.24, 2.45) is 11.8 Å². The normalized spacial score (nSPS) is 19.2. The first-order valence-electron chi connectivity index (χ1n) is 6.33. The van der Waals surface area contributed by atoms with Gasteiger partial charge in [0.25, 0.3) is 0 Å². The molecule has 0 aromatic carbocycles. The van der Waals surface area contributed by atoms with Crippen LogP contribution in [0.4, 0.5) is 5.13 Å². The highest BCUT2D eigenvalue weighted by atomic mass is 32.1. The maximum Gasteiger partial charge on any atom is 0.226 e. The minimum Gasteiger partial charge on any atom is -0.302 e. The summed E-state index contributed by atoms with van der Waals surface area (Å²) in [7, 11) is 0. The Morgan fingerprint density at radius 1 is 1.59 bits per heavy atom. The van der Waals surface area contributed by atoms with E-state index in [1.165, 1.54) is 17.0 Å². The number of hydrogen-bond donors (Lipinski definition) is 1. The number of hydrogen-bond acceptors (Lipinski definition) is 3. The monoisotopic (exact) mass is 252 g/mol. The van der Waals surface area contributed by atoms with Gasteiger partial charge in [-0.25, -0.2) is 4.98 Å². The van der Waals surface area contributed by atoms with Crippen LogP contribution >= 0.6 is 11.3 Å². The van der Waals surface area contributed by atoms with Gasteiger partial charge in [0.2, 0.25) is 5.91 Å². The van der Waals surface area contributed by atoms with Crippen LogP contribution < -0.4 is 5.32 Å². The molecule has 1 aromatic rings. The summed E-state index contributed by atoms with van der Waals surface area (Å²) >= 11 is 1.65. The highest BCUT2D eigenvalue weighted by molar-refractivity contribution is 7.15. The summed E-state index contributed by atoms with van der Waals surface area (Å²) in [4.78, 5) is 17.5. The third kappa shape index (κ3) is 3.28. The van der Waals surface area contributed by atoms with E-state index in [-0.39, 0.29) is 5.91 Å². The third-order valence-corrected chi connectivity index (χ3v) is 4.06. The fraction of sp³-hybridized carbons (Fsp3) is 0.692. The molecule has 0 unspecified atom stereocenters. The highest BCUT2D eigenvalue weighted by Crippen LogP contribution is 2.32. The Balaban J connectivity index is 2.01. The molecule has 0 radical (unpaired) electrons. The zero-order valence-electron chi connectivity index (χ0n) is 10.7. The van der Waals surface area contributed by atoms with E-state index in [4.69, 9.17) is 0 Å². The highest BCUT2D eigenvalue weighted by Gasteiger charge is 2.20. The van der Waals surface area contributed by atoms with Crippen molar-refractivity contribution in [3.05, 3.63) is 10.6 Å². The number of anilines is 1. The number of aryl methyl sites for hydroxylation is 1. The number of nitrogens with one attached hydrogen (secondary N) is 1. The molecule has 1 aliphatic carbocycles. The van der Waals surface area contributed by atoms with E-state index in [1.54, 1.807) is 11.3 Å². The topological polar surface area (TPSA) is 42.0 Å². The van der Waals surface area contributed by atoms with Crippen LogP contribution in [0.5, 0.6) is 0 Å². The number of thiazole rings is 1. The van der Waals surface area contributed by atoms with Crippen LogP contribution in [0.25, 0.3) is 0 Å². The van der Waals surface area contributed by atoms with Gasteiger partial charge in [0.15, 0.2) is 5.13 Å². The molecule has 1 atom stereocenters. The van der Waals surface area contributed by atoms with E-state index in [2.05, 4.69) is 17.2 Å². The fourth-order valence-corrected chi connectivity index (χ4v) is 3.32. The van der Waals surface area contributed by atoms with Gasteiger partial charge in [-0.2, -0.15) is 0 Å². The molecule has 2 rings (SSSR count). The van der Waals surface area contributed by atoms with Gasteiger partial charge >= 0.3 is 0 Å². The van der Waals surface area contributed by atoms with Gasteiger partial charge in [-0.15, -0.1) is 11.3 Å². The fourth-order valence-electron chi connectivity index (χ4n) is 2.13. The molecule has 1 amide bonds. The summed E-state index contributed by atoms with van der Waals surface area (Å²) in [6.07, 6.45) is 3.97. The van der Waals surface area contributed by atoms with Crippen molar-refractivity contribution in [1.29, 1.82) is 0 Å². The van der Waals surface area contributed by atoms with E-state index in [9.17, 15) is 4.79 Å². The average molecular weight is 252 g/mol. The van der Waals surface area contributed by atoms with Crippen molar-refractivity contribution in [3.8, 4) is 0 Å². The maximum atomic E-state index is 11.7. The van der Waals surface area contributed by atoms with Crippen molar-refractivity contribution < 1.29 is 4.79 Å². The van der Waals surface area contributed by atoms with Crippen LogP contribution in [0.1, 0.15) is 44.2 Å². The number of carbonyl (C=O) groups excluding carboxylic acids is 1. The zero-order valence-corrected chi connectivity index (χ0v) is 11.6. The zero-order chi connectivity index (χ0) is 12.4. The van der Waals surface area contributed by atoms with E-state index in [1.807, 2.05) is 13.8 Å². The Morgan fingerprint density at radius 2 is 2.35 bits per heavy atom. The summed E-state index contributed by atoms with van der Waals surface area (Å²) in [6.45, 7) is 6.38. The Hall–Kier alpha value is -0.900. The number of fused-ring (bicyclic) bond motifs is 1. The molecular formula is C13H20N2OS. The van der Waals surface area contributed by atoms with Crippen molar-refractivity contribution in [3.63, 3.8) is 0 Å². The molecule has 0 fully saturated rings. The summed E-state index contributed by atoms with van der Waals surface area (Å²) < 4.78 is 0. The largest absolute Gasteiger partial charge is 0.302 e. The van der Waals surface area contributed by atoms with Crippen LogP contribution in [0.15, 0.2) is 0 Å². The lowest BCUT2D eigenvalue weighted by atomic mass is 9.93. The lowest BCUT2D eigenvalue weighted by molar-refractivity contribution is -0.116. The van der Waals surface area contributed by atoms with Crippen molar-refractivity contribution in [2.45, 2.75) is 46.5 Å². The molecule has 4 heteroatoms. The standard InChI is InChI=1S/C13H20N2OS/c1-8(2)6-12(16)15-13-14-10-5-4-9(3)7-11(10)17-13/h8-9H,4-7H2,1-3H3,(H,14,15,16)/t9-/m0/s1. The first-order valence-corrected chi connectivity index (χ1v) is 7.14. The van der Waals surface area contributed by atoms with Gasteiger partial charge in [0, 0.05) is 11.3 Å².